The third-order valence-electron chi connectivity index (χ3n) is 4.92. The largest absolute Gasteiger partial charge is 0.460 e. The molecule has 6 nitrogen and oxygen atoms in total. The maximum absolute atomic E-state index is 12.9. The van der Waals surface area contributed by atoms with Crippen LogP contribution in [-0.2, 0) is 19.1 Å². The van der Waals surface area contributed by atoms with Crippen molar-refractivity contribution >= 4 is 28.8 Å². The first kappa shape index (κ1) is 20.6. The molecular formula is C21H26N2O4S. The molecular weight excluding hydrogens is 376 g/mol. The van der Waals surface area contributed by atoms with Crippen LogP contribution >= 0.6 is 11.8 Å². The number of hydrogen-bond donors (Lipinski definition) is 0. The number of aliphatic imine (C=N–C) groups is 1. The summed E-state index contributed by atoms with van der Waals surface area (Å²) in [6.45, 7) is 8.38. The topological polar surface area (TPSA) is 68.2 Å². The highest BCUT2D eigenvalue weighted by Crippen LogP contribution is 2.43. The Balaban J connectivity index is 2.03. The van der Waals surface area contributed by atoms with E-state index in [9.17, 15) is 9.59 Å². The van der Waals surface area contributed by atoms with Crippen LogP contribution in [0.5, 0.6) is 0 Å². The monoisotopic (exact) mass is 402 g/mol. The number of nitrogens with zero attached hydrogens (tertiary/aromatic N) is 2. The average Bonchev–Trinajstić information content (AvgIpc) is 2.94. The summed E-state index contributed by atoms with van der Waals surface area (Å²) < 4.78 is 10.3. The molecule has 150 valence electrons. The Hall–Kier alpha value is -2.12. The second kappa shape index (κ2) is 8.49. The number of esters is 1. The van der Waals surface area contributed by atoms with Crippen LogP contribution in [0.25, 0.3) is 0 Å². The molecule has 2 aliphatic rings. The van der Waals surface area contributed by atoms with E-state index in [4.69, 9.17) is 9.47 Å². The van der Waals surface area contributed by atoms with E-state index in [0.29, 0.717) is 29.0 Å². The first-order chi connectivity index (χ1) is 13.3. The van der Waals surface area contributed by atoms with Gasteiger partial charge in [0.05, 0.1) is 29.2 Å². The van der Waals surface area contributed by atoms with Crippen molar-refractivity contribution in [2.45, 2.75) is 44.9 Å². The van der Waals surface area contributed by atoms with Gasteiger partial charge in [0.1, 0.15) is 6.61 Å². The standard InChI is InChI=1S/C21H26N2O4S/c1-12(2)15-6-8-16(9-7-15)18-17(20(25)27-11-10-26-5)13(3)22-21-23(18)19(24)14(4)28-21/h6-9,12,14,18H,10-11H2,1-5H3. The Kier molecular flexibility index (Phi) is 6.25. The molecule has 0 aliphatic carbocycles. The van der Waals surface area contributed by atoms with Gasteiger partial charge in [-0.2, -0.15) is 0 Å². The second-order valence-electron chi connectivity index (χ2n) is 7.21. The fourth-order valence-corrected chi connectivity index (χ4v) is 4.37. The lowest BCUT2D eigenvalue weighted by Gasteiger charge is -2.33. The quantitative estimate of drug-likeness (QED) is 0.537. The molecule has 2 heterocycles. The minimum atomic E-state index is -0.534. The molecule has 0 saturated carbocycles. The number of fused-ring (bicyclic) bond motifs is 1. The molecule has 1 aromatic rings. The van der Waals surface area contributed by atoms with Crippen LogP contribution in [-0.4, -0.2) is 47.5 Å². The maximum Gasteiger partial charge on any atom is 0.338 e. The summed E-state index contributed by atoms with van der Waals surface area (Å²) in [6.07, 6.45) is 0. The molecule has 1 amide bonds. The SMILES string of the molecule is COCCOC(=O)C1=C(C)N=C2SC(C)C(=O)N2C1c1ccc(C(C)C)cc1. The second-order valence-corrected chi connectivity index (χ2v) is 8.52. The Labute approximate surface area is 170 Å². The van der Waals surface area contributed by atoms with Gasteiger partial charge in [-0.25, -0.2) is 9.79 Å². The van der Waals surface area contributed by atoms with Crippen molar-refractivity contribution in [3.8, 4) is 0 Å². The minimum absolute atomic E-state index is 0.0450. The van der Waals surface area contributed by atoms with E-state index in [1.807, 2.05) is 31.2 Å². The van der Waals surface area contributed by atoms with Crippen LogP contribution < -0.4 is 0 Å². The Morgan fingerprint density at radius 3 is 2.54 bits per heavy atom. The fraction of sp³-hybridized carbons (Fsp3) is 0.476. The van der Waals surface area contributed by atoms with E-state index in [1.54, 1.807) is 18.9 Å². The highest BCUT2D eigenvalue weighted by atomic mass is 32.2. The number of benzene rings is 1. The Bertz CT molecular complexity index is 829. The number of ether oxygens (including phenoxy) is 2. The molecule has 1 fully saturated rings. The van der Waals surface area contributed by atoms with Gasteiger partial charge in [0.2, 0.25) is 5.91 Å². The van der Waals surface area contributed by atoms with E-state index >= 15 is 0 Å². The van der Waals surface area contributed by atoms with Crippen molar-refractivity contribution in [3.05, 3.63) is 46.7 Å². The van der Waals surface area contributed by atoms with Gasteiger partial charge < -0.3 is 9.47 Å². The van der Waals surface area contributed by atoms with E-state index in [1.165, 1.54) is 17.3 Å². The van der Waals surface area contributed by atoms with E-state index in [2.05, 4.69) is 18.8 Å². The van der Waals surface area contributed by atoms with Crippen LogP contribution in [0, 0.1) is 0 Å². The Morgan fingerprint density at radius 1 is 1.25 bits per heavy atom. The van der Waals surface area contributed by atoms with Crippen LogP contribution in [0.3, 0.4) is 0 Å². The van der Waals surface area contributed by atoms with Crippen LogP contribution in [0.1, 0.15) is 50.8 Å². The Morgan fingerprint density at radius 2 is 1.93 bits per heavy atom. The van der Waals surface area contributed by atoms with Crippen molar-refractivity contribution in [1.82, 2.24) is 4.90 Å². The number of amidine groups is 1. The van der Waals surface area contributed by atoms with Gasteiger partial charge in [-0.05, 0) is 30.9 Å². The van der Waals surface area contributed by atoms with Gasteiger partial charge in [0, 0.05) is 7.11 Å². The van der Waals surface area contributed by atoms with Gasteiger partial charge >= 0.3 is 5.97 Å². The number of rotatable bonds is 6. The van der Waals surface area contributed by atoms with Gasteiger partial charge in [0.15, 0.2) is 5.17 Å². The van der Waals surface area contributed by atoms with E-state index in [0.717, 1.165) is 5.56 Å². The predicted octanol–water partition coefficient (Wildman–Crippen LogP) is 3.65. The molecule has 0 spiro atoms. The maximum atomic E-state index is 12.9. The van der Waals surface area contributed by atoms with Gasteiger partial charge in [-0.3, -0.25) is 9.69 Å². The zero-order chi connectivity index (χ0) is 20.4. The number of amides is 1. The van der Waals surface area contributed by atoms with Crippen molar-refractivity contribution < 1.29 is 19.1 Å². The number of carbonyl (C=O) groups excluding carboxylic acids is 2. The zero-order valence-electron chi connectivity index (χ0n) is 16.9. The molecule has 0 radical (unpaired) electrons. The highest BCUT2D eigenvalue weighted by molar-refractivity contribution is 8.15. The molecule has 28 heavy (non-hydrogen) atoms. The van der Waals surface area contributed by atoms with E-state index in [-0.39, 0.29) is 17.8 Å². The lowest BCUT2D eigenvalue weighted by molar-refractivity contribution is -0.141. The zero-order valence-corrected chi connectivity index (χ0v) is 17.7. The summed E-state index contributed by atoms with van der Waals surface area (Å²) in [5.74, 6) is -0.110. The predicted molar refractivity (Wildman–Crippen MR) is 110 cm³/mol. The normalized spacial score (nSPS) is 21.9. The van der Waals surface area contributed by atoms with E-state index < -0.39 is 12.0 Å². The smallest absolute Gasteiger partial charge is 0.338 e. The number of methoxy groups -OCH3 is 1. The fourth-order valence-electron chi connectivity index (χ4n) is 3.34. The van der Waals surface area contributed by atoms with Crippen molar-refractivity contribution in [3.63, 3.8) is 0 Å². The summed E-state index contributed by atoms with van der Waals surface area (Å²) in [6, 6.07) is 7.53. The van der Waals surface area contributed by atoms with Crippen molar-refractivity contribution in [2.24, 2.45) is 4.99 Å². The summed E-state index contributed by atoms with van der Waals surface area (Å²) in [5, 5.41) is 0.411. The molecule has 0 bridgehead atoms. The summed E-state index contributed by atoms with van der Waals surface area (Å²) in [4.78, 5) is 31.9. The minimum Gasteiger partial charge on any atom is -0.460 e. The third kappa shape index (κ3) is 3.86. The van der Waals surface area contributed by atoms with Crippen LogP contribution in [0.4, 0.5) is 0 Å². The van der Waals surface area contributed by atoms with Crippen LogP contribution in [0.2, 0.25) is 0 Å². The first-order valence-corrected chi connectivity index (χ1v) is 10.3. The van der Waals surface area contributed by atoms with Crippen molar-refractivity contribution in [1.29, 1.82) is 0 Å². The molecule has 2 atom stereocenters. The molecule has 2 aliphatic heterocycles. The first-order valence-electron chi connectivity index (χ1n) is 9.40. The van der Waals surface area contributed by atoms with Gasteiger partial charge in [-0.1, -0.05) is 49.9 Å². The molecule has 3 rings (SSSR count). The van der Waals surface area contributed by atoms with Crippen molar-refractivity contribution in [2.75, 3.05) is 20.3 Å². The third-order valence-corrected chi connectivity index (χ3v) is 5.97. The lowest BCUT2D eigenvalue weighted by atomic mass is 9.92. The molecule has 2 unspecified atom stereocenters. The molecule has 1 saturated heterocycles. The molecule has 0 aromatic heterocycles. The summed E-state index contributed by atoms with van der Waals surface area (Å²) in [5.41, 5.74) is 3.06. The lowest BCUT2D eigenvalue weighted by Crippen LogP contribution is -2.40. The van der Waals surface area contributed by atoms with Crippen LogP contribution in [0.15, 0.2) is 40.5 Å². The summed E-state index contributed by atoms with van der Waals surface area (Å²) >= 11 is 1.42. The number of thioether (sulfide) groups is 1. The number of carbonyl (C=O) groups is 2. The number of allylic oxidation sites excluding steroid dienone is 1. The van der Waals surface area contributed by atoms with Gasteiger partial charge in [-0.15, -0.1) is 0 Å². The number of hydrogen-bond acceptors (Lipinski definition) is 6. The average molecular weight is 403 g/mol. The molecule has 1 aromatic carbocycles. The molecule has 0 N–H and O–H groups in total. The summed E-state index contributed by atoms with van der Waals surface area (Å²) in [7, 11) is 1.55. The van der Waals surface area contributed by atoms with Gasteiger partial charge in [0.25, 0.3) is 0 Å². The highest BCUT2D eigenvalue weighted by Gasteiger charge is 2.46. The molecule has 7 heteroatoms.